The maximum absolute atomic E-state index is 13.0. The Morgan fingerprint density at radius 2 is 1.92 bits per heavy atom. The van der Waals surface area contributed by atoms with Crippen LogP contribution in [-0.4, -0.2) is 43.6 Å². The highest BCUT2D eigenvalue weighted by Gasteiger charge is 2.26. The number of nitrogens with zero attached hydrogens (tertiary/aromatic N) is 4. The van der Waals surface area contributed by atoms with Crippen molar-refractivity contribution < 1.29 is 24.0 Å². The second-order valence-corrected chi connectivity index (χ2v) is 9.59. The molecule has 0 bridgehead atoms. The molecule has 2 heterocycles. The first-order chi connectivity index (χ1) is 18.0. The Balaban J connectivity index is 1.24. The predicted octanol–water partition coefficient (Wildman–Crippen LogP) is 4.26. The second-order valence-electron chi connectivity index (χ2n) is 9.59. The molecular weight excluding hydrogens is 476 g/mol. The van der Waals surface area contributed by atoms with Crippen molar-refractivity contribution >= 4 is 33.6 Å². The van der Waals surface area contributed by atoms with Crippen LogP contribution in [0.3, 0.4) is 0 Å². The Bertz CT molecular complexity index is 1490. The van der Waals surface area contributed by atoms with E-state index < -0.39 is 17.7 Å². The van der Waals surface area contributed by atoms with Gasteiger partial charge in [0.2, 0.25) is 0 Å². The van der Waals surface area contributed by atoms with E-state index >= 15 is 0 Å². The Morgan fingerprint density at radius 1 is 1.11 bits per heavy atom. The lowest BCUT2D eigenvalue weighted by molar-refractivity contribution is -0.142. The molecule has 1 aliphatic carbocycles. The summed E-state index contributed by atoms with van der Waals surface area (Å²) in [6.07, 6.45) is 5.87. The number of carbonyl (C=O) groups excluding carboxylic acids is 1. The minimum atomic E-state index is -1.14. The molecule has 10 nitrogen and oxygen atoms in total. The van der Waals surface area contributed by atoms with E-state index in [1.165, 1.54) is 32.1 Å². The molecule has 1 N–H and O–H groups in total. The number of aromatic nitrogens is 4. The SMILES string of the molecule is O=C(CC(CCn1nnc2ccccc2c1=O)C(=O)O)c1noc2cc(OCC3CCCCC3)ccc12. The molecule has 37 heavy (non-hydrogen) atoms. The molecule has 4 aromatic rings. The van der Waals surface area contributed by atoms with Crippen molar-refractivity contribution in [3.05, 3.63) is 58.5 Å². The summed E-state index contributed by atoms with van der Waals surface area (Å²) in [7, 11) is 0. The minimum Gasteiger partial charge on any atom is -0.493 e. The van der Waals surface area contributed by atoms with Gasteiger partial charge in [-0.1, -0.05) is 41.8 Å². The van der Waals surface area contributed by atoms with Crippen LogP contribution >= 0.6 is 0 Å². The highest BCUT2D eigenvalue weighted by atomic mass is 16.5. The fourth-order valence-electron chi connectivity index (χ4n) is 4.86. The zero-order valence-electron chi connectivity index (χ0n) is 20.3. The molecule has 1 atom stereocenters. The van der Waals surface area contributed by atoms with Gasteiger partial charge in [0.1, 0.15) is 11.3 Å². The summed E-state index contributed by atoms with van der Waals surface area (Å²) in [6.45, 7) is 0.665. The van der Waals surface area contributed by atoms with Gasteiger partial charge < -0.3 is 14.4 Å². The smallest absolute Gasteiger partial charge is 0.307 e. The zero-order chi connectivity index (χ0) is 25.8. The number of fused-ring (bicyclic) bond motifs is 2. The van der Waals surface area contributed by atoms with E-state index in [9.17, 15) is 19.5 Å². The summed E-state index contributed by atoms with van der Waals surface area (Å²) < 4.78 is 12.4. The van der Waals surface area contributed by atoms with Gasteiger partial charge in [-0.25, -0.2) is 4.68 Å². The van der Waals surface area contributed by atoms with Crippen LogP contribution in [0.5, 0.6) is 5.75 Å². The van der Waals surface area contributed by atoms with Crippen molar-refractivity contribution in [2.45, 2.75) is 51.5 Å². The number of aryl methyl sites for hydroxylation is 1. The monoisotopic (exact) mass is 504 g/mol. The maximum atomic E-state index is 13.0. The first-order valence-electron chi connectivity index (χ1n) is 12.6. The highest BCUT2D eigenvalue weighted by molar-refractivity contribution is 6.06. The van der Waals surface area contributed by atoms with Crippen molar-refractivity contribution in [3.63, 3.8) is 0 Å². The van der Waals surface area contributed by atoms with E-state index in [1.807, 2.05) is 0 Å². The number of ketones is 1. The van der Waals surface area contributed by atoms with Crippen LogP contribution in [0.25, 0.3) is 21.9 Å². The number of carbonyl (C=O) groups is 2. The van der Waals surface area contributed by atoms with Gasteiger partial charge in [-0.15, -0.1) is 5.10 Å². The van der Waals surface area contributed by atoms with Crippen molar-refractivity contribution in [2.75, 3.05) is 6.61 Å². The van der Waals surface area contributed by atoms with Gasteiger partial charge in [-0.2, -0.15) is 0 Å². The van der Waals surface area contributed by atoms with Crippen molar-refractivity contribution in [1.82, 2.24) is 20.2 Å². The van der Waals surface area contributed by atoms with Gasteiger partial charge >= 0.3 is 5.97 Å². The molecule has 1 fully saturated rings. The number of benzene rings is 2. The van der Waals surface area contributed by atoms with Crippen molar-refractivity contribution in [3.8, 4) is 5.75 Å². The first kappa shape index (κ1) is 24.6. The maximum Gasteiger partial charge on any atom is 0.307 e. The molecular formula is C27H28N4O6. The lowest BCUT2D eigenvalue weighted by Crippen LogP contribution is -2.27. The number of carboxylic acids is 1. The summed E-state index contributed by atoms with van der Waals surface area (Å²) in [5.41, 5.74) is 0.608. The Morgan fingerprint density at radius 3 is 2.73 bits per heavy atom. The molecule has 1 unspecified atom stereocenters. The summed E-state index contributed by atoms with van der Waals surface area (Å²) in [5.74, 6) is -1.41. The predicted molar refractivity (Wildman–Crippen MR) is 135 cm³/mol. The summed E-state index contributed by atoms with van der Waals surface area (Å²) in [5, 5.41) is 22.5. The minimum absolute atomic E-state index is 0.0160. The molecule has 0 saturated heterocycles. The van der Waals surface area contributed by atoms with Crippen LogP contribution in [0.15, 0.2) is 51.8 Å². The Hall–Kier alpha value is -4.08. The largest absolute Gasteiger partial charge is 0.493 e. The van der Waals surface area contributed by atoms with Gasteiger partial charge in [-0.05, 0) is 49.4 Å². The van der Waals surface area contributed by atoms with Crippen molar-refractivity contribution in [2.24, 2.45) is 11.8 Å². The fourth-order valence-corrected chi connectivity index (χ4v) is 4.86. The van der Waals surface area contributed by atoms with E-state index in [-0.39, 0.29) is 30.6 Å². The van der Waals surface area contributed by atoms with E-state index in [0.29, 0.717) is 40.1 Å². The van der Waals surface area contributed by atoms with Gasteiger partial charge in [-0.3, -0.25) is 14.4 Å². The molecule has 2 aromatic carbocycles. The van der Waals surface area contributed by atoms with Crippen LogP contribution in [0.1, 0.15) is 55.4 Å². The molecule has 1 aliphatic rings. The second kappa shape index (κ2) is 10.9. The summed E-state index contributed by atoms with van der Waals surface area (Å²) >= 11 is 0. The van der Waals surface area contributed by atoms with Crippen LogP contribution < -0.4 is 10.3 Å². The van der Waals surface area contributed by atoms with Crippen LogP contribution in [0.4, 0.5) is 0 Å². The zero-order valence-corrected chi connectivity index (χ0v) is 20.3. The number of rotatable bonds is 10. The molecule has 0 radical (unpaired) electrons. The third-order valence-electron chi connectivity index (χ3n) is 7.02. The average Bonchev–Trinajstić information content (AvgIpc) is 3.35. The van der Waals surface area contributed by atoms with E-state index in [2.05, 4.69) is 15.5 Å². The number of hydrogen-bond donors (Lipinski definition) is 1. The third kappa shape index (κ3) is 5.52. The van der Waals surface area contributed by atoms with Gasteiger partial charge in [0.15, 0.2) is 17.1 Å². The number of hydrogen-bond acceptors (Lipinski definition) is 8. The van der Waals surface area contributed by atoms with Crippen LogP contribution in [-0.2, 0) is 11.3 Å². The van der Waals surface area contributed by atoms with E-state index in [1.54, 1.807) is 42.5 Å². The van der Waals surface area contributed by atoms with Crippen molar-refractivity contribution in [1.29, 1.82) is 0 Å². The lowest BCUT2D eigenvalue weighted by atomic mass is 9.90. The molecule has 2 aromatic heterocycles. The number of aliphatic carboxylic acids is 1. The number of Topliss-reactive ketones (excluding diaryl/α,β-unsaturated/α-hetero) is 1. The summed E-state index contributed by atoms with van der Waals surface area (Å²) in [4.78, 5) is 37.5. The molecule has 1 saturated carbocycles. The lowest BCUT2D eigenvalue weighted by Gasteiger charge is -2.21. The average molecular weight is 505 g/mol. The normalized spacial score (nSPS) is 15.1. The quantitative estimate of drug-likeness (QED) is 0.314. The fraction of sp³-hybridized carbons (Fsp3) is 0.407. The van der Waals surface area contributed by atoms with Gasteiger partial charge in [0.25, 0.3) is 5.56 Å². The topological polar surface area (TPSA) is 137 Å². The molecule has 5 rings (SSSR count). The van der Waals surface area contributed by atoms with Gasteiger partial charge in [0, 0.05) is 19.0 Å². The van der Waals surface area contributed by atoms with E-state index in [0.717, 1.165) is 4.68 Å². The molecule has 10 heteroatoms. The standard InChI is InChI=1S/C27H28N4O6/c32-23(14-18(27(34)35)12-13-31-26(33)20-8-4-5-9-22(20)28-30-31)25-21-11-10-19(15-24(21)37-29-25)36-16-17-6-2-1-3-7-17/h4-5,8-11,15,17-18H,1-3,6-7,12-14,16H2,(H,34,35). The first-order valence-corrected chi connectivity index (χ1v) is 12.6. The van der Waals surface area contributed by atoms with Gasteiger partial charge in [0.05, 0.1) is 23.3 Å². The van der Waals surface area contributed by atoms with Crippen LogP contribution in [0, 0.1) is 11.8 Å². The third-order valence-corrected chi connectivity index (χ3v) is 7.02. The van der Waals surface area contributed by atoms with Crippen LogP contribution in [0.2, 0.25) is 0 Å². The van der Waals surface area contributed by atoms with E-state index in [4.69, 9.17) is 9.26 Å². The molecule has 0 aliphatic heterocycles. The number of carboxylic acid groups (broad SMARTS) is 1. The Kier molecular flexibility index (Phi) is 7.25. The highest BCUT2D eigenvalue weighted by Crippen LogP contribution is 2.28. The molecule has 192 valence electrons. The Labute approximate surface area is 212 Å². The summed E-state index contributed by atoms with van der Waals surface area (Å²) in [6, 6.07) is 12.0. The molecule has 0 spiro atoms. The molecule has 0 amide bonds. The number of ether oxygens (including phenoxy) is 1.